The van der Waals surface area contributed by atoms with Crippen LogP contribution in [0.1, 0.15) is 51.1 Å². The Labute approximate surface area is 156 Å². The van der Waals surface area contributed by atoms with Crippen LogP contribution in [0.2, 0.25) is 0 Å². The Morgan fingerprint density at radius 1 is 1.20 bits per heavy atom. The number of ether oxygens (including phenoxy) is 1. The lowest BCUT2D eigenvalue weighted by Crippen LogP contribution is -2.45. The van der Waals surface area contributed by atoms with E-state index in [0.717, 1.165) is 35.7 Å². The predicted octanol–water partition coefficient (Wildman–Crippen LogP) is 4.20. The molecule has 134 valence electrons. The van der Waals surface area contributed by atoms with E-state index in [1.807, 2.05) is 24.3 Å². The smallest absolute Gasteiger partial charge is 0.338 e. The van der Waals surface area contributed by atoms with Gasteiger partial charge >= 0.3 is 12.0 Å². The fourth-order valence-corrected chi connectivity index (χ4v) is 3.98. The number of carbonyl (C=O) groups is 2. The lowest BCUT2D eigenvalue weighted by Gasteiger charge is -2.31. The third kappa shape index (κ3) is 4.06. The summed E-state index contributed by atoms with van der Waals surface area (Å²) in [5, 5.41) is 5.53. The Morgan fingerprint density at radius 3 is 2.56 bits per heavy atom. The van der Waals surface area contributed by atoms with Gasteiger partial charge in [-0.3, -0.25) is 0 Å². The van der Waals surface area contributed by atoms with Crippen LogP contribution in [0.4, 0.5) is 4.79 Å². The Bertz CT molecular complexity index is 708. The van der Waals surface area contributed by atoms with Gasteiger partial charge in [0, 0.05) is 10.2 Å². The summed E-state index contributed by atoms with van der Waals surface area (Å²) in [6, 6.07) is 6.72. The first-order valence-corrected chi connectivity index (χ1v) is 9.48. The third-order valence-corrected chi connectivity index (χ3v) is 5.66. The van der Waals surface area contributed by atoms with E-state index < -0.39 is 6.04 Å². The highest BCUT2D eigenvalue weighted by atomic mass is 79.9. The quantitative estimate of drug-likeness (QED) is 0.739. The Balaban J connectivity index is 1.85. The molecule has 0 bridgehead atoms. The molecule has 3 rings (SSSR count). The number of urea groups is 1. The zero-order valence-electron chi connectivity index (χ0n) is 14.5. The van der Waals surface area contributed by atoms with E-state index in [-0.39, 0.29) is 18.1 Å². The summed E-state index contributed by atoms with van der Waals surface area (Å²) in [6.45, 7) is 3.97. The molecule has 25 heavy (non-hydrogen) atoms. The average Bonchev–Trinajstić information content (AvgIpc) is 2.56. The number of allylic oxidation sites excluding steroid dienone is 1. The first-order valence-electron chi connectivity index (χ1n) is 8.69. The van der Waals surface area contributed by atoms with Crippen molar-refractivity contribution in [2.75, 3.05) is 0 Å². The number of nitrogens with one attached hydrogen (secondary N) is 2. The maximum absolute atomic E-state index is 12.9. The highest BCUT2D eigenvalue weighted by molar-refractivity contribution is 9.10. The minimum absolute atomic E-state index is 0.0403. The van der Waals surface area contributed by atoms with Crippen molar-refractivity contribution in [1.82, 2.24) is 10.6 Å². The number of amides is 2. The Morgan fingerprint density at radius 2 is 1.88 bits per heavy atom. The zero-order chi connectivity index (χ0) is 18.0. The molecular formula is C19H23BrN2O3. The van der Waals surface area contributed by atoms with Crippen LogP contribution in [0, 0.1) is 5.92 Å². The first-order chi connectivity index (χ1) is 12.0. The van der Waals surface area contributed by atoms with Gasteiger partial charge in [0.2, 0.25) is 0 Å². The van der Waals surface area contributed by atoms with Crippen molar-refractivity contribution in [3.05, 3.63) is 45.6 Å². The molecule has 1 aliphatic carbocycles. The van der Waals surface area contributed by atoms with Gasteiger partial charge in [-0.15, -0.1) is 0 Å². The van der Waals surface area contributed by atoms with Gasteiger partial charge in [-0.1, -0.05) is 41.1 Å². The van der Waals surface area contributed by atoms with Crippen molar-refractivity contribution in [3.8, 4) is 0 Å². The molecule has 1 aliphatic heterocycles. The van der Waals surface area contributed by atoms with Crippen LogP contribution in [0.5, 0.6) is 0 Å². The molecule has 0 spiro atoms. The molecule has 1 atom stereocenters. The number of rotatable bonds is 3. The van der Waals surface area contributed by atoms with Gasteiger partial charge in [0.25, 0.3) is 0 Å². The molecule has 0 radical (unpaired) electrons. The first kappa shape index (κ1) is 18.0. The molecule has 1 aromatic rings. The number of hydrogen-bond acceptors (Lipinski definition) is 3. The van der Waals surface area contributed by atoms with Crippen molar-refractivity contribution in [3.63, 3.8) is 0 Å². The summed E-state index contributed by atoms with van der Waals surface area (Å²) in [5.41, 5.74) is 1.84. The predicted molar refractivity (Wildman–Crippen MR) is 98.8 cm³/mol. The maximum atomic E-state index is 12.9. The molecule has 2 N–H and O–H groups in total. The van der Waals surface area contributed by atoms with E-state index in [4.69, 9.17) is 4.74 Å². The van der Waals surface area contributed by atoms with Crippen molar-refractivity contribution < 1.29 is 14.3 Å². The normalized spacial score (nSPS) is 26.7. The average molecular weight is 407 g/mol. The van der Waals surface area contributed by atoms with Gasteiger partial charge in [0.1, 0.15) is 6.10 Å². The van der Waals surface area contributed by atoms with Gasteiger partial charge in [0.15, 0.2) is 0 Å². The molecule has 2 amide bonds. The van der Waals surface area contributed by atoms with Crippen molar-refractivity contribution >= 4 is 27.9 Å². The van der Waals surface area contributed by atoms with Crippen LogP contribution < -0.4 is 10.6 Å². The molecule has 1 heterocycles. The molecule has 1 saturated carbocycles. The van der Waals surface area contributed by atoms with Crippen LogP contribution in [0.15, 0.2) is 40.0 Å². The van der Waals surface area contributed by atoms with Gasteiger partial charge in [-0.25, -0.2) is 9.59 Å². The second kappa shape index (κ2) is 7.60. The summed E-state index contributed by atoms with van der Waals surface area (Å²) in [6.07, 6.45) is 3.93. The highest BCUT2D eigenvalue weighted by Gasteiger charge is 2.34. The van der Waals surface area contributed by atoms with E-state index in [1.165, 1.54) is 0 Å². The molecule has 1 fully saturated rings. The fourth-order valence-electron chi connectivity index (χ4n) is 3.47. The van der Waals surface area contributed by atoms with Crippen LogP contribution >= 0.6 is 15.9 Å². The van der Waals surface area contributed by atoms with E-state index in [0.29, 0.717) is 17.2 Å². The summed E-state index contributed by atoms with van der Waals surface area (Å²) in [4.78, 5) is 24.8. The molecule has 1 aromatic carbocycles. The summed E-state index contributed by atoms with van der Waals surface area (Å²) >= 11 is 3.51. The number of carbonyl (C=O) groups excluding carboxylic acids is 2. The second-order valence-corrected chi connectivity index (χ2v) is 7.73. The largest absolute Gasteiger partial charge is 0.459 e. The van der Waals surface area contributed by atoms with Gasteiger partial charge in [0.05, 0.1) is 11.6 Å². The lowest BCUT2D eigenvalue weighted by molar-refractivity contribution is -0.146. The summed E-state index contributed by atoms with van der Waals surface area (Å²) in [5.74, 6) is 0.338. The summed E-state index contributed by atoms with van der Waals surface area (Å²) in [7, 11) is 0. The Hall–Kier alpha value is -1.82. The maximum Gasteiger partial charge on any atom is 0.338 e. The monoisotopic (exact) mass is 406 g/mol. The minimum Gasteiger partial charge on any atom is -0.459 e. The van der Waals surface area contributed by atoms with Crippen LogP contribution in [-0.4, -0.2) is 18.1 Å². The van der Waals surface area contributed by atoms with Crippen LogP contribution in [0.25, 0.3) is 0 Å². The van der Waals surface area contributed by atoms with Gasteiger partial charge < -0.3 is 15.4 Å². The minimum atomic E-state index is -0.528. The SMILES string of the molecule is CC1=C(C(=O)OC2CCC(C)CC2)C(c2ccccc2Br)NC(=O)N1. The number of halogens is 1. The fraction of sp³-hybridized carbons (Fsp3) is 0.474. The molecule has 0 aromatic heterocycles. The Kier molecular flexibility index (Phi) is 5.47. The van der Waals surface area contributed by atoms with Crippen molar-refractivity contribution in [1.29, 1.82) is 0 Å². The van der Waals surface area contributed by atoms with Gasteiger partial charge in [-0.2, -0.15) is 0 Å². The number of benzene rings is 1. The molecule has 2 aliphatic rings. The summed E-state index contributed by atoms with van der Waals surface area (Å²) < 4.78 is 6.61. The highest BCUT2D eigenvalue weighted by Crippen LogP contribution is 2.33. The zero-order valence-corrected chi connectivity index (χ0v) is 16.1. The molecule has 6 heteroatoms. The van der Waals surface area contributed by atoms with Gasteiger partial charge in [-0.05, 0) is 50.2 Å². The lowest BCUT2D eigenvalue weighted by atomic mass is 9.89. The molecule has 5 nitrogen and oxygen atoms in total. The molecule has 1 unspecified atom stereocenters. The van der Waals surface area contributed by atoms with E-state index in [9.17, 15) is 9.59 Å². The van der Waals surface area contributed by atoms with Crippen molar-refractivity contribution in [2.24, 2.45) is 5.92 Å². The third-order valence-electron chi connectivity index (χ3n) is 4.94. The van der Waals surface area contributed by atoms with E-state index in [1.54, 1.807) is 6.92 Å². The van der Waals surface area contributed by atoms with Crippen molar-refractivity contribution in [2.45, 2.75) is 51.7 Å². The topological polar surface area (TPSA) is 67.4 Å². The van der Waals surface area contributed by atoms with Crippen LogP contribution in [-0.2, 0) is 9.53 Å². The van der Waals surface area contributed by atoms with Crippen LogP contribution in [0.3, 0.4) is 0 Å². The standard InChI is InChI=1S/C19H23BrN2O3/c1-11-7-9-13(10-8-11)25-18(23)16-12(2)21-19(24)22-17(16)14-5-3-4-6-15(14)20/h3-6,11,13,17H,7-10H2,1-2H3,(H2,21,22,24). The van der Waals surface area contributed by atoms with E-state index in [2.05, 4.69) is 33.5 Å². The molecular weight excluding hydrogens is 384 g/mol. The van der Waals surface area contributed by atoms with E-state index >= 15 is 0 Å². The number of hydrogen-bond donors (Lipinski definition) is 2. The molecule has 0 saturated heterocycles. The number of esters is 1. The second-order valence-electron chi connectivity index (χ2n) is 6.88.